The summed E-state index contributed by atoms with van der Waals surface area (Å²) in [5, 5.41) is 7.25. The van der Waals surface area contributed by atoms with Gasteiger partial charge in [0.2, 0.25) is 0 Å². The van der Waals surface area contributed by atoms with E-state index in [0.29, 0.717) is 24.4 Å². The molecular formula is C20H24N4O2. The number of nitrogens with one attached hydrogen (secondary N) is 1. The van der Waals surface area contributed by atoms with Crippen LogP contribution in [0.2, 0.25) is 0 Å². The van der Waals surface area contributed by atoms with Crippen LogP contribution >= 0.6 is 0 Å². The zero-order chi connectivity index (χ0) is 18.5. The third-order valence-electron chi connectivity index (χ3n) is 4.26. The Morgan fingerprint density at radius 2 is 2.00 bits per heavy atom. The average Bonchev–Trinajstić information content (AvgIpc) is 3.10. The molecule has 26 heavy (non-hydrogen) atoms. The van der Waals surface area contributed by atoms with Crippen LogP contribution in [0, 0.1) is 13.8 Å². The summed E-state index contributed by atoms with van der Waals surface area (Å²) in [5.41, 5.74) is 4.01. The van der Waals surface area contributed by atoms with Gasteiger partial charge in [0.25, 0.3) is 5.89 Å². The fraction of sp³-hybridized carbons (Fsp3) is 0.350. The lowest BCUT2D eigenvalue weighted by molar-refractivity contribution is 0.301. The molecule has 136 valence electrons. The maximum atomic E-state index is 6.00. The van der Waals surface area contributed by atoms with Crippen molar-refractivity contribution in [3.05, 3.63) is 59.2 Å². The molecule has 1 atom stereocenters. The smallest absolute Gasteiger partial charge is 0.257 e. The van der Waals surface area contributed by atoms with E-state index in [1.807, 2.05) is 51.4 Å². The van der Waals surface area contributed by atoms with Crippen LogP contribution < -0.4 is 10.1 Å². The van der Waals surface area contributed by atoms with Crippen molar-refractivity contribution in [3.8, 4) is 17.2 Å². The van der Waals surface area contributed by atoms with Gasteiger partial charge in [-0.2, -0.15) is 4.98 Å². The highest BCUT2D eigenvalue weighted by Gasteiger charge is 2.14. The van der Waals surface area contributed by atoms with E-state index >= 15 is 0 Å². The maximum Gasteiger partial charge on any atom is 0.257 e. The molecule has 6 nitrogen and oxygen atoms in total. The molecular weight excluding hydrogens is 328 g/mol. The lowest BCUT2D eigenvalue weighted by atomic mass is 10.1. The first-order valence-corrected chi connectivity index (χ1v) is 8.70. The molecule has 0 saturated heterocycles. The number of rotatable bonds is 7. The van der Waals surface area contributed by atoms with Crippen LogP contribution in [0.1, 0.15) is 29.4 Å². The highest BCUT2D eigenvalue weighted by atomic mass is 16.5. The number of hydrogen-bond acceptors (Lipinski definition) is 6. The first-order chi connectivity index (χ1) is 12.6. The number of ether oxygens (including phenoxy) is 1. The first-order valence-electron chi connectivity index (χ1n) is 8.70. The second-order valence-corrected chi connectivity index (χ2v) is 6.50. The Labute approximate surface area is 153 Å². The summed E-state index contributed by atoms with van der Waals surface area (Å²) in [6.07, 6.45) is 4.29. The Balaban J connectivity index is 1.76. The van der Waals surface area contributed by atoms with E-state index in [0.717, 1.165) is 34.4 Å². The summed E-state index contributed by atoms with van der Waals surface area (Å²) in [6, 6.07) is 8.24. The summed E-state index contributed by atoms with van der Waals surface area (Å²) in [7, 11) is 1.92. The van der Waals surface area contributed by atoms with Crippen LogP contribution in [0.5, 0.6) is 5.75 Å². The number of nitrogens with zero attached hydrogens (tertiary/aromatic N) is 3. The lowest BCUT2D eigenvalue weighted by Crippen LogP contribution is -2.24. The summed E-state index contributed by atoms with van der Waals surface area (Å²) in [5.74, 6) is 2.11. The SMILES string of the molecule is CNC(C)Cc1noc(-c2cc(C)c(OCc3cccnc3)c(C)c2)n1. The largest absolute Gasteiger partial charge is 0.488 e. The van der Waals surface area contributed by atoms with E-state index in [1.165, 1.54) is 0 Å². The molecule has 0 fully saturated rings. The van der Waals surface area contributed by atoms with E-state index < -0.39 is 0 Å². The molecule has 3 rings (SSSR count). The van der Waals surface area contributed by atoms with Gasteiger partial charge in [0.15, 0.2) is 5.82 Å². The van der Waals surface area contributed by atoms with E-state index in [1.54, 1.807) is 6.20 Å². The number of hydrogen-bond donors (Lipinski definition) is 1. The highest BCUT2D eigenvalue weighted by molar-refractivity contribution is 5.60. The highest BCUT2D eigenvalue weighted by Crippen LogP contribution is 2.30. The van der Waals surface area contributed by atoms with Gasteiger partial charge in [-0.3, -0.25) is 4.98 Å². The molecule has 2 heterocycles. The minimum absolute atomic E-state index is 0.298. The van der Waals surface area contributed by atoms with Gasteiger partial charge >= 0.3 is 0 Å². The zero-order valence-electron chi connectivity index (χ0n) is 15.6. The molecule has 0 bridgehead atoms. The Kier molecular flexibility index (Phi) is 5.63. The minimum atomic E-state index is 0.298. The van der Waals surface area contributed by atoms with Crippen LogP contribution in [0.3, 0.4) is 0 Å². The summed E-state index contributed by atoms with van der Waals surface area (Å²) >= 11 is 0. The van der Waals surface area contributed by atoms with Crippen molar-refractivity contribution in [1.29, 1.82) is 0 Å². The van der Waals surface area contributed by atoms with Crippen molar-refractivity contribution < 1.29 is 9.26 Å². The van der Waals surface area contributed by atoms with Crippen molar-refractivity contribution in [3.63, 3.8) is 0 Å². The van der Waals surface area contributed by atoms with Gasteiger partial charge in [-0.1, -0.05) is 11.2 Å². The quantitative estimate of drug-likeness (QED) is 0.702. The van der Waals surface area contributed by atoms with Gasteiger partial charge in [-0.15, -0.1) is 0 Å². The van der Waals surface area contributed by atoms with Crippen molar-refractivity contribution >= 4 is 0 Å². The Hall–Kier alpha value is -2.73. The van der Waals surface area contributed by atoms with E-state index in [4.69, 9.17) is 9.26 Å². The normalized spacial score (nSPS) is 12.2. The Morgan fingerprint density at radius 1 is 1.23 bits per heavy atom. The molecule has 0 saturated carbocycles. The second-order valence-electron chi connectivity index (χ2n) is 6.50. The topological polar surface area (TPSA) is 73.1 Å². The predicted octanol–water partition coefficient (Wildman–Crippen LogP) is 3.48. The standard InChI is InChI=1S/C20H24N4O2/c1-13-8-17(20-23-18(24-26-20)10-15(3)21-4)9-14(2)19(13)25-12-16-6-5-7-22-11-16/h5-9,11,15,21H,10,12H2,1-4H3. The predicted molar refractivity (Wildman–Crippen MR) is 100 cm³/mol. The van der Waals surface area contributed by atoms with Crippen molar-refractivity contribution in [2.45, 2.75) is 39.8 Å². The molecule has 2 aromatic heterocycles. The van der Waals surface area contributed by atoms with Gasteiger partial charge < -0.3 is 14.6 Å². The molecule has 1 unspecified atom stereocenters. The molecule has 0 aliphatic carbocycles. The maximum absolute atomic E-state index is 6.00. The monoisotopic (exact) mass is 352 g/mol. The van der Waals surface area contributed by atoms with E-state index in [9.17, 15) is 0 Å². The van der Waals surface area contributed by atoms with Crippen LogP contribution in [0.15, 0.2) is 41.2 Å². The summed E-state index contributed by atoms with van der Waals surface area (Å²) < 4.78 is 11.4. The van der Waals surface area contributed by atoms with E-state index in [-0.39, 0.29) is 0 Å². The number of aromatic nitrogens is 3. The second kappa shape index (κ2) is 8.10. The lowest BCUT2D eigenvalue weighted by Gasteiger charge is -2.13. The van der Waals surface area contributed by atoms with Crippen LogP contribution in [-0.2, 0) is 13.0 Å². The van der Waals surface area contributed by atoms with E-state index in [2.05, 4.69) is 27.4 Å². The Bertz CT molecular complexity index is 838. The number of likely N-dealkylation sites (N-methyl/N-ethyl adjacent to an activating group) is 1. The molecule has 0 aliphatic rings. The van der Waals surface area contributed by atoms with Gasteiger partial charge in [-0.25, -0.2) is 0 Å². The van der Waals surface area contributed by atoms with Crippen molar-refractivity contribution in [1.82, 2.24) is 20.4 Å². The summed E-state index contributed by atoms with van der Waals surface area (Å²) in [6.45, 7) is 6.62. The van der Waals surface area contributed by atoms with Gasteiger partial charge in [0.1, 0.15) is 12.4 Å². The van der Waals surface area contributed by atoms with Gasteiger partial charge in [0, 0.05) is 36.0 Å². The number of benzene rings is 1. The molecule has 1 aromatic carbocycles. The fourth-order valence-electron chi connectivity index (χ4n) is 2.77. The third kappa shape index (κ3) is 4.26. The third-order valence-corrected chi connectivity index (χ3v) is 4.26. The minimum Gasteiger partial charge on any atom is -0.488 e. The zero-order valence-corrected chi connectivity index (χ0v) is 15.6. The first kappa shape index (κ1) is 18.1. The molecule has 0 aliphatic heterocycles. The van der Waals surface area contributed by atoms with Crippen LogP contribution in [0.25, 0.3) is 11.5 Å². The molecule has 3 aromatic rings. The van der Waals surface area contributed by atoms with Crippen molar-refractivity contribution in [2.75, 3.05) is 7.05 Å². The number of aryl methyl sites for hydroxylation is 2. The average molecular weight is 352 g/mol. The molecule has 6 heteroatoms. The molecule has 0 amide bonds. The summed E-state index contributed by atoms with van der Waals surface area (Å²) in [4.78, 5) is 8.62. The van der Waals surface area contributed by atoms with Crippen LogP contribution in [-0.4, -0.2) is 28.2 Å². The van der Waals surface area contributed by atoms with Crippen molar-refractivity contribution in [2.24, 2.45) is 0 Å². The van der Waals surface area contributed by atoms with Gasteiger partial charge in [0.05, 0.1) is 0 Å². The molecule has 0 radical (unpaired) electrons. The number of pyridine rings is 1. The fourth-order valence-corrected chi connectivity index (χ4v) is 2.77. The van der Waals surface area contributed by atoms with Gasteiger partial charge in [-0.05, 0) is 57.1 Å². The molecule has 0 spiro atoms. The Morgan fingerprint density at radius 3 is 2.65 bits per heavy atom. The van der Waals surface area contributed by atoms with Crippen LogP contribution in [0.4, 0.5) is 0 Å². The molecule has 1 N–H and O–H groups in total.